The average Bonchev–Trinajstić information content (AvgIpc) is 2.26. The molecule has 0 heterocycles. The third-order valence-corrected chi connectivity index (χ3v) is 4.75. The standard InChI is InChI=1S/C14H30N2/c1-12(13(2,3)4)16(5)14(11-15)9-7-6-8-10-14/h12H,6-11,15H2,1-5H3. The molecule has 0 amide bonds. The molecule has 96 valence electrons. The molecule has 0 aliphatic heterocycles. The molecule has 1 aliphatic rings. The lowest BCUT2D eigenvalue weighted by Gasteiger charge is -2.50. The average molecular weight is 226 g/mol. The van der Waals surface area contributed by atoms with Gasteiger partial charge in [-0.05, 0) is 32.2 Å². The van der Waals surface area contributed by atoms with Gasteiger partial charge in [0.1, 0.15) is 0 Å². The van der Waals surface area contributed by atoms with Gasteiger partial charge >= 0.3 is 0 Å². The summed E-state index contributed by atoms with van der Waals surface area (Å²) in [5.41, 5.74) is 6.68. The largest absolute Gasteiger partial charge is 0.329 e. The Labute approximate surface area is 102 Å². The smallest absolute Gasteiger partial charge is 0.0331 e. The normalized spacial score (nSPS) is 23.4. The maximum atomic E-state index is 6.08. The van der Waals surface area contributed by atoms with Crippen molar-refractivity contribution in [2.75, 3.05) is 13.6 Å². The Bertz CT molecular complexity index is 211. The van der Waals surface area contributed by atoms with Crippen LogP contribution in [0.1, 0.15) is 59.8 Å². The fourth-order valence-corrected chi connectivity index (χ4v) is 2.90. The second-order valence-corrected chi connectivity index (χ2v) is 6.64. The van der Waals surface area contributed by atoms with E-state index in [2.05, 4.69) is 39.6 Å². The molecule has 0 aromatic heterocycles. The lowest BCUT2D eigenvalue weighted by Crippen LogP contribution is -2.58. The van der Waals surface area contributed by atoms with Crippen LogP contribution in [-0.4, -0.2) is 30.1 Å². The van der Waals surface area contributed by atoms with Gasteiger partial charge in [-0.1, -0.05) is 40.0 Å². The van der Waals surface area contributed by atoms with E-state index in [1.165, 1.54) is 32.1 Å². The van der Waals surface area contributed by atoms with Gasteiger partial charge in [0.15, 0.2) is 0 Å². The van der Waals surface area contributed by atoms with Crippen molar-refractivity contribution in [1.82, 2.24) is 4.90 Å². The fraction of sp³-hybridized carbons (Fsp3) is 1.00. The molecule has 1 atom stereocenters. The SMILES string of the molecule is CC(N(C)C1(CN)CCCCC1)C(C)(C)C. The second-order valence-electron chi connectivity index (χ2n) is 6.64. The third-order valence-electron chi connectivity index (χ3n) is 4.75. The molecule has 16 heavy (non-hydrogen) atoms. The minimum Gasteiger partial charge on any atom is -0.329 e. The first-order valence-electron chi connectivity index (χ1n) is 6.76. The lowest BCUT2D eigenvalue weighted by molar-refractivity contribution is 0.00773. The van der Waals surface area contributed by atoms with Crippen molar-refractivity contribution in [3.63, 3.8) is 0 Å². The minimum absolute atomic E-state index is 0.269. The maximum Gasteiger partial charge on any atom is 0.0331 e. The van der Waals surface area contributed by atoms with Gasteiger partial charge in [-0.15, -0.1) is 0 Å². The van der Waals surface area contributed by atoms with Gasteiger partial charge in [-0.3, -0.25) is 4.90 Å². The molecular weight excluding hydrogens is 196 g/mol. The van der Waals surface area contributed by atoms with Crippen LogP contribution in [0.5, 0.6) is 0 Å². The number of hydrogen-bond acceptors (Lipinski definition) is 2. The predicted molar refractivity (Wildman–Crippen MR) is 71.6 cm³/mol. The van der Waals surface area contributed by atoms with Crippen LogP contribution in [0.3, 0.4) is 0 Å². The summed E-state index contributed by atoms with van der Waals surface area (Å²) >= 11 is 0. The van der Waals surface area contributed by atoms with Gasteiger partial charge in [-0.25, -0.2) is 0 Å². The Morgan fingerprint density at radius 2 is 1.69 bits per heavy atom. The Morgan fingerprint density at radius 1 is 1.19 bits per heavy atom. The molecule has 2 N–H and O–H groups in total. The first-order chi connectivity index (χ1) is 7.33. The van der Waals surface area contributed by atoms with Crippen molar-refractivity contribution in [3.05, 3.63) is 0 Å². The molecule has 0 spiro atoms. The van der Waals surface area contributed by atoms with E-state index in [4.69, 9.17) is 5.73 Å². The summed E-state index contributed by atoms with van der Waals surface area (Å²) in [7, 11) is 2.27. The molecule has 1 rings (SSSR count). The molecule has 0 saturated heterocycles. The molecule has 1 unspecified atom stereocenters. The van der Waals surface area contributed by atoms with E-state index in [0.29, 0.717) is 11.5 Å². The van der Waals surface area contributed by atoms with Crippen molar-refractivity contribution in [2.45, 2.75) is 71.4 Å². The monoisotopic (exact) mass is 226 g/mol. The highest BCUT2D eigenvalue weighted by molar-refractivity contribution is 4.96. The second kappa shape index (κ2) is 5.05. The van der Waals surface area contributed by atoms with Crippen LogP contribution in [0.4, 0.5) is 0 Å². The summed E-state index contributed by atoms with van der Waals surface area (Å²) in [6.45, 7) is 10.1. The van der Waals surface area contributed by atoms with Crippen molar-refractivity contribution in [2.24, 2.45) is 11.1 Å². The fourth-order valence-electron chi connectivity index (χ4n) is 2.90. The summed E-state index contributed by atoms with van der Waals surface area (Å²) in [6, 6.07) is 0.578. The van der Waals surface area contributed by atoms with E-state index in [-0.39, 0.29) is 5.54 Å². The number of nitrogens with zero attached hydrogens (tertiary/aromatic N) is 1. The quantitative estimate of drug-likeness (QED) is 0.801. The van der Waals surface area contributed by atoms with Crippen LogP contribution in [-0.2, 0) is 0 Å². The summed E-state index contributed by atoms with van der Waals surface area (Å²) in [5.74, 6) is 0. The van der Waals surface area contributed by atoms with E-state index in [1.807, 2.05) is 0 Å². The topological polar surface area (TPSA) is 29.3 Å². The lowest BCUT2D eigenvalue weighted by atomic mass is 9.77. The highest BCUT2D eigenvalue weighted by atomic mass is 15.2. The summed E-state index contributed by atoms with van der Waals surface area (Å²) in [4.78, 5) is 2.56. The van der Waals surface area contributed by atoms with Gasteiger partial charge in [0.05, 0.1) is 0 Å². The summed E-state index contributed by atoms with van der Waals surface area (Å²) < 4.78 is 0. The Kier molecular flexibility index (Phi) is 4.42. The van der Waals surface area contributed by atoms with E-state index in [1.54, 1.807) is 0 Å². The zero-order valence-corrected chi connectivity index (χ0v) is 11.8. The molecule has 0 aromatic carbocycles. The first-order valence-corrected chi connectivity index (χ1v) is 6.76. The van der Waals surface area contributed by atoms with Crippen LogP contribution < -0.4 is 5.73 Å². The Balaban J connectivity index is 2.79. The van der Waals surface area contributed by atoms with Crippen LogP contribution in [0.25, 0.3) is 0 Å². The number of hydrogen-bond donors (Lipinski definition) is 1. The van der Waals surface area contributed by atoms with Crippen LogP contribution in [0, 0.1) is 5.41 Å². The van der Waals surface area contributed by atoms with E-state index in [0.717, 1.165) is 6.54 Å². The summed E-state index contributed by atoms with van der Waals surface area (Å²) in [6.07, 6.45) is 6.64. The molecule has 1 saturated carbocycles. The number of nitrogens with two attached hydrogens (primary N) is 1. The molecule has 2 nitrogen and oxygen atoms in total. The Hall–Kier alpha value is -0.0800. The minimum atomic E-state index is 0.269. The van der Waals surface area contributed by atoms with Gasteiger partial charge in [0.25, 0.3) is 0 Å². The highest BCUT2D eigenvalue weighted by Crippen LogP contribution is 2.36. The van der Waals surface area contributed by atoms with Crippen LogP contribution in [0.15, 0.2) is 0 Å². The predicted octanol–water partition coefficient (Wildman–Crippen LogP) is 3.01. The maximum absolute atomic E-state index is 6.08. The molecular formula is C14H30N2. The van der Waals surface area contributed by atoms with Gasteiger partial charge in [-0.2, -0.15) is 0 Å². The zero-order chi connectivity index (χ0) is 12.4. The van der Waals surface area contributed by atoms with Crippen molar-refractivity contribution in [3.8, 4) is 0 Å². The molecule has 0 aromatic rings. The third kappa shape index (κ3) is 2.78. The number of rotatable bonds is 3. The Morgan fingerprint density at radius 3 is 2.06 bits per heavy atom. The van der Waals surface area contributed by atoms with Crippen molar-refractivity contribution < 1.29 is 0 Å². The van der Waals surface area contributed by atoms with E-state index < -0.39 is 0 Å². The molecule has 2 heteroatoms. The van der Waals surface area contributed by atoms with Gasteiger partial charge in [0.2, 0.25) is 0 Å². The van der Waals surface area contributed by atoms with Crippen LogP contribution >= 0.6 is 0 Å². The molecule has 1 fully saturated rings. The first kappa shape index (κ1) is 14.0. The summed E-state index contributed by atoms with van der Waals surface area (Å²) in [5, 5.41) is 0. The van der Waals surface area contributed by atoms with Crippen LogP contribution in [0.2, 0.25) is 0 Å². The highest BCUT2D eigenvalue weighted by Gasteiger charge is 2.39. The molecule has 0 bridgehead atoms. The number of likely N-dealkylation sites (N-methyl/N-ethyl adjacent to an activating group) is 1. The molecule has 0 radical (unpaired) electrons. The van der Waals surface area contributed by atoms with Gasteiger partial charge in [0, 0.05) is 18.1 Å². The van der Waals surface area contributed by atoms with Crippen molar-refractivity contribution in [1.29, 1.82) is 0 Å². The van der Waals surface area contributed by atoms with Crippen molar-refractivity contribution >= 4 is 0 Å². The van der Waals surface area contributed by atoms with Gasteiger partial charge < -0.3 is 5.73 Å². The molecule has 1 aliphatic carbocycles. The van der Waals surface area contributed by atoms with E-state index >= 15 is 0 Å². The zero-order valence-electron chi connectivity index (χ0n) is 11.8. The van der Waals surface area contributed by atoms with E-state index in [9.17, 15) is 0 Å².